The summed E-state index contributed by atoms with van der Waals surface area (Å²) in [5, 5.41) is 0. The minimum Gasteiger partial charge on any atom is -0.297 e. The molecule has 0 radical (unpaired) electrons. The molecule has 0 saturated heterocycles. The first-order valence-electron chi connectivity index (χ1n) is 2.84. The molecule has 0 N–H and O–H groups in total. The van der Waals surface area contributed by atoms with Crippen molar-refractivity contribution < 1.29 is 4.79 Å². The Balaban J connectivity index is 2.95. The van der Waals surface area contributed by atoms with Gasteiger partial charge in [-0.3, -0.25) is 4.79 Å². The van der Waals surface area contributed by atoms with Gasteiger partial charge in [-0.15, -0.1) is 17.3 Å². The third-order valence-corrected chi connectivity index (χ3v) is 1.92. The molecule has 0 unspecified atom stereocenters. The fraction of sp³-hybridized carbons (Fsp3) is 0.125. The highest BCUT2D eigenvalue weighted by Crippen LogP contribution is 2.12. The highest BCUT2D eigenvalue weighted by molar-refractivity contribution is 7.14. The Hall–Kier alpha value is -1.07. The predicted octanol–water partition coefficient (Wildman–Crippen LogP) is 1.93. The van der Waals surface area contributed by atoms with Crippen LogP contribution in [0.5, 0.6) is 0 Å². The second kappa shape index (κ2) is 3.19. The molecule has 0 aromatic carbocycles. The lowest BCUT2D eigenvalue weighted by atomic mass is 10.4. The van der Waals surface area contributed by atoms with Crippen molar-refractivity contribution in [2.24, 2.45) is 0 Å². The molecule has 0 fully saturated rings. The average molecular weight is 150 g/mol. The van der Waals surface area contributed by atoms with Crippen LogP contribution in [-0.4, -0.2) is 6.29 Å². The van der Waals surface area contributed by atoms with Gasteiger partial charge in [0, 0.05) is 0 Å². The van der Waals surface area contributed by atoms with Crippen molar-refractivity contribution in [2.75, 3.05) is 0 Å². The number of carbonyl (C=O) groups is 1. The second-order valence-electron chi connectivity index (χ2n) is 1.69. The topological polar surface area (TPSA) is 17.1 Å². The Bertz CT molecular complexity index is 288. The van der Waals surface area contributed by atoms with E-state index in [9.17, 15) is 4.79 Å². The van der Waals surface area contributed by atoms with E-state index in [1.807, 2.05) is 6.07 Å². The molecule has 0 atom stereocenters. The van der Waals surface area contributed by atoms with E-state index in [0.29, 0.717) is 0 Å². The predicted molar refractivity (Wildman–Crippen MR) is 42.3 cm³/mol. The Kier molecular flexibility index (Phi) is 2.24. The van der Waals surface area contributed by atoms with Crippen LogP contribution in [0.1, 0.15) is 21.5 Å². The van der Waals surface area contributed by atoms with Crippen LogP contribution >= 0.6 is 11.3 Å². The number of hydrogen-bond donors (Lipinski definition) is 0. The lowest BCUT2D eigenvalue weighted by Gasteiger charge is -1.72. The Labute approximate surface area is 63.7 Å². The third-order valence-electron chi connectivity index (χ3n) is 0.991. The quantitative estimate of drug-likeness (QED) is 0.441. The van der Waals surface area contributed by atoms with Crippen LogP contribution in [0.25, 0.3) is 0 Å². The van der Waals surface area contributed by atoms with Crippen molar-refractivity contribution in [2.45, 2.75) is 6.92 Å². The van der Waals surface area contributed by atoms with Crippen molar-refractivity contribution in [3.8, 4) is 11.8 Å². The van der Waals surface area contributed by atoms with Gasteiger partial charge in [0.15, 0.2) is 6.29 Å². The molecule has 0 saturated carbocycles. The Morgan fingerprint density at radius 2 is 2.40 bits per heavy atom. The number of hydrogen-bond acceptors (Lipinski definition) is 2. The number of rotatable bonds is 1. The van der Waals surface area contributed by atoms with E-state index in [1.54, 1.807) is 13.0 Å². The van der Waals surface area contributed by atoms with Crippen molar-refractivity contribution >= 4 is 17.6 Å². The molecule has 0 amide bonds. The summed E-state index contributed by atoms with van der Waals surface area (Å²) >= 11 is 1.42. The monoisotopic (exact) mass is 150 g/mol. The fourth-order valence-corrected chi connectivity index (χ4v) is 1.33. The molecule has 1 aromatic rings. The van der Waals surface area contributed by atoms with E-state index in [0.717, 1.165) is 16.0 Å². The molecule has 0 bridgehead atoms. The zero-order valence-corrected chi connectivity index (χ0v) is 6.37. The van der Waals surface area contributed by atoms with Gasteiger partial charge in [-0.1, -0.05) is 5.92 Å². The lowest BCUT2D eigenvalue weighted by Crippen LogP contribution is -1.62. The van der Waals surface area contributed by atoms with Crippen LogP contribution in [0.4, 0.5) is 0 Å². The first-order valence-corrected chi connectivity index (χ1v) is 3.66. The summed E-state index contributed by atoms with van der Waals surface area (Å²) in [6.45, 7) is 1.78. The molecule has 1 nitrogen and oxygen atoms in total. The van der Waals surface area contributed by atoms with E-state index < -0.39 is 0 Å². The third kappa shape index (κ3) is 1.46. The SMILES string of the molecule is CC#Cc1ccc(C=O)s1. The van der Waals surface area contributed by atoms with Crippen LogP contribution in [0.2, 0.25) is 0 Å². The second-order valence-corrected chi connectivity index (χ2v) is 2.81. The molecule has 0 aliphatic rings. The van der Waals surface area contributed by atoms with Gasteiger partial charge in [0.25, 0.3) is 0 Å². The maximum absolute atomic E-state index is 10.2. The molecule has 0 aliphatic heterocycles. The fourth-order valence-electron chi connectivity index (χ4n) is 0.607. The number of thiophene rings is 1. The zero-order valence-electron chi connectivity index (χ0n) is 5.55. The lowest BCUT2D eigenvalue weighted by molar-refractivity contribution is 0.112. The van der Waals surface area contributed by atoms with Crippen LogP contribution in [-0.2, 0) is 0 Å². The highest BCUT2D eigenvalue weighted by atomic mass is 32.1. The van der Waals surface area contributed by atoms with Gasteiger partial charge in [0.2, 0.25) is 0 Å². The summed E-state index contributed by atoms with van der Waals surface area (Å²) in [6.07, 6.45) is 0.839. The largest absolute Gasteiger partial charge is 0.297 e. The van der Waals surface area contributed by atoms with E-state index in [-0.39, 0.29) is 0 Å². The molecule has 1 rings (SSSR count). The van der Waals surface area contributed by atoms with Gasteiger partial charge < -0.3 is 0 Å². The van der Waals surface area contributed by atoms with Crippen molar-refractivity contribution in [1.82, 2.24) is 0 Å². The number of carbonyl (C=O) groups excluding carboxylic acids is 1. The van der Waals surface area contributed by atoms with Gasteiger partial charge >= 0.3 is 0 Å². The maximum Gasteiger partial charge on any atom is 0.160 e. The van der Waals surface area contributed by atoms with Crippen LogP contribution < -0.4 is 0 Å². The van der Waals surface area contributed by atoms with E-state index in [4.69, 9.17) is 0 Å². The minimum atomic E-state index is 0.734. The molecule has 0 spiro atoms. The summed E-state index contributed by atoms with van der Waals surface area (Å²) in [6, 6.07) is 3.63. The van der Waals surface area contributed by atoms with Gasteiger partial charge in [0.05, 0.1) is 9.75 Å². The molecular formula is C8H6OS. The standard InChI is InChI=1S/C8H6OS/c1-2-3-7-4-5-8(6-9)10-7/h4-6H,1H3. The molecule has 1 heterocycles. The minimum absolute atomic E-state index is 0.734. The molecular weight excluding hydrogens is 144 g/mol. The van der Waals surface area contributed by atoms with Crippen LogP contribution in [0.15, 0.2) is 12.1 Å². The first-order chi connectivity index (χ1) is 4.86. The summed E-state index contributed by atoms with van der Waals surface area (Å²) in [4.78, 5) is 11.9. The first kappa shape index (κ1) is 7.04. The summed E-state index contributed by atoms with van der Waals surface area (Å²) in [7, 11) is 0. The van der Waals surface area contributed by atoms with Crippen LogP contribution in [0.3, 0.4) is 0 Å². The van der Waals surface area contributed by atoms with Crippen LogP contribution in [0, 0.1) is 11.8 Å². The molecule has 10 heavy (non-hydrogen) atoms. The van der Waals surface area contributed by atoms with Gasteiger partial charge in [-0.2, -0.15) is 0 Å². The van der Waals surface area contributed by atoms with Gasteiger partial charge in [-0.05, 0) is 19.1 Å². The van der Waals surface area contributed by atoms with Crippen molar-refractivity contribution in [1.29, 1.82) is 0 Å². The van der Waals surface area contributed by atoms with Gasteiger partial charge in [0.1, 0.15) is 0 Å². The summed E-state index contributed by atoms with van der Waals surface area (Å²) in [5.74, 6) is 5.64. The highest BCUT2D eigenvalue weighted by Gasteiger charge is 1.93. The van der Waals surface area contributed by atoms with Crippen molar-refractivity contribution in [3.63, 3.8) is 0 Å². The van der Waals surface area contributed by atoms with E-state index in [2.05, 4.69) is 11.8 Å². The average Bonchev–Trinajstić information content (AvgIpc) is 2.37. The van der Waals surface area contributed by atoms with E-state index in [1.165, 1.54) is 11.3 Å². The molecule has 1 aromatic heterocycles. The smallest absolute Gasteiger partial charge is 0.160 e. The van der Waals surface area contributed by atoms with Crippen molar-refractivity contribution in [3.05, 3.63) is 21.9 Å². The molecule has 2 heteroatoms. The number of aldehydes is 1. The summed E-state index contributed by atoms with van der Waals surface area (Å²) in [5.41, 5.74) is 0. The summed E-state index contributed by atoms with van der Waals surface area (Å²) < 4.78 is 0. The Morgan fingerprint density at radius 3 is 2.90 bits per heavy atom. The molecule has 50 valence electrons. The van der Waals surface area contributed by atoms with Gasteiger partial charge in [-0.25, -0.2) is 0 Å². The molecule has 0 aliphatic carbocycles. The van der Waals surface area contributed by atoms with E-state index >= 15 is 0 Å². The normalized spacial score (nSPS) is 8.10. The Morgan fingerprint density at radius 1 is 1.60 bits per heavy atom. The zero-order chi connectivity index (χ0) is 7.40. The maximum atomic E-state index is 10.2.